The highest BCUT2D eigenvalue weighted by Crippen LogP contribution is 2.28. The summed E-state index contributed by atoms with van der Waals surface area (Å²) in [5, 5.41) is 10.8. The first-order valence-corrected chi connectivity index (χ1v) is 7.09. The van der Waals surface area contributed by atoms with Gasteiger partial charge in [0.2, 0.25) is 0 Å². The van der Waals surface area contributed by atoms with E-state index in [1.807, 2.05) is 20.8 Å². The van der Waals surface area contributed by atoms with Gasteiger partial charge in [-0.25, -0.2) is 0 Å². The summed E-state index contributed by atoms with van der Waals surface area (Å²) in [5.74, 6) is 0.693. The fraction of sp³-hybridized carbons (Fsp3) is 0.533. The Morgan fingerprint density at radius 1 is 1.50 bits per heavy atom. The lowest BCUT2D eigenvalue weighted by Gasteiger charge is -2.48. The molecule has 1 aromatic rings. The van der Waals surface area contributed by atoms with Crippen molar-refractivity contribution in [1.29, 1.82) is 0 Å². The third-order valence-corrected chi connectivity index (χ3v) is 4.08. The first-order valence-electron chi connectivity index (χ1n) is 6.71. The van der Waals surface area contributed by atoms with Crippen molar-refractivity contribution in [2.45, 2.75) is 26.4 Å². The van der Waals surface area contributed by atoms with Crippen molar-refractivity contribution in [3.8, 4) is 5.75 Å². The monoisotopic (exact) mass is 297 g/mol. The molecule has 0 spiro atoms. The van der Waals surface area contributed by atoms with Gasteiger partial charge in [-0.15, -0.1) is 0 Å². The first kappa shape index (κ1) is 15.1. The van der Waals surface area contributed by atoms with Gasteiger partial charge in [0, 0.05) is 5.02 Å². The number of nitrogens with zero attached hydrogens (tertiary/aromatic N) is 1. The van der Waals surface area contributed by atoms with Crippen molar-refractivity contribution in [1.82, 2.24) is 4.90 Å². The van der Waals surface area contributed by atoms with Crippen molar-refractivity contribution in [3.05, 3.63) is 28.8 Å². The lowest BCUT2D eigenvalue weighted by atomic mass is 9.83. The molecule has 1 fully saturated rings. The molecule has 1 N–H and O–H groups in total. The number of aryl methyl sites for hydroxylation is 1. The van der Waals surface area contributed by atoms with Crippen LogP contribution < -0.4 is 4.74 Å². The van der Waals surface area contributed by atoms with Crippen LogP contribution in [-0.2, 0) is 4.79 Å². The Kier molecular flexibility index (Phi) is 4.25. The van der Waals surface area contributed by atoms with Crippen LogP contribution in [0.2, 0.25) is 5.02 Å². The molecule has 0 atom stereocenters. The smallest absolute Gasteiger partial charge is 0.260 e. The van der Waals surface area contributed by atoms with Crippen LogP contribution in [0.4, 0.5) is 0 Å². The summed E-state index contributed by atoms with van der Waals surface area (Å²) in [6, 6.07) is 5.28. The predicted octanol–water partition coefficient (Wildman–Crippen LogP) is 2.26. The molecular formula is C15H20ClNO3. The van der Waals surface area contributed by atoms with Gasteiger partial charge in [0.05, 0.1) is 13.1 Å². The van der Waals surface area contributed by atoms with Crippen LogP contribution in [0.1, 0.15) is 19.4 Å². The molecule has 0 saturated carbocycles. The lowest BCUT2D eigenvalue weighted by molar-refractivity contribution is -0.165. The third kappa shape index (κ3) is 3.07. The van der Waals surface area contributed by atoms with Crippen LogP contribution >= 0.6 is 11.6 Å². The molecule has 2 rings (SSSR count). The van der Waals surface area contributed by atoms with E-state index in [-0.39, 0.29) is 18.4 Å². The zero-order chi connectivity index (χ0) is 14.9. The number of aliphatic hydroxyl groups is 1. The van der Waals surface area contributed by atoms with Gasteiger partial charge < -0.3 is 14.7 Å². The average molecular weight is 298 g/mol. The number of carbonyl (C=O) groups is 1. The molecule has 5 heteroatoms. The van der Waals surface area contributed by atoms with E-state index in [1.165, 1.54) is 0 Å². The van der Waals surface area contributed by atoms with Gasteiger partial charge >= 0.3 is 0 Å². The first-order chi connectivity index (χ1) is 9.32. The van der Waals surface area contributed by atoms with E-state index in [0.717, 1.165) is 5.56 Å². The summed E-state index contributed by atoms with van der Waals surface area (Å²) in [7, 11) is 0. The molecule has 110 valence electrons. The van der Waals surface area contributed by atoms with E-state index in [4.69, 9.17) is 16.3 Å². The van der Waals surface area contributed by atoms with E-state index in [1.54, 1.807) is 23.1 Å². The Balaban J connectivity index is 1.85. The summed E-state index contributed by atoms with van der Waals surface area (Å²) < 4.78 is 5.51. The minimum atomic E-state index is -0.744. The number of benzene rings is 1. The van der Waals surface area contributed by atoms with Crippen LogP contribution in [-0.4, -0.2) is 41.2 Å². The highest BCUT2D eigenvalue weighted by Gasteiger charge is 2.45. The largest absolute Gasteiger partial charge is 0.483 e. The summed E-state index contributed by atoms with van der Waals surface area (Å²) in [6.07, 6.45) is 0. The fourth-order valence-electron chi connectivity index (χ4n) is 2.16. The van der Waals surface area contributed by atoms with Gasteiger partial charge in [-0.05, 0) is 36.6 Å². The van der Waals surface area contributed by atoms with E-state index < -0.39 is 5.60 Å². The Labute approximate surface area is 124 Å². The normalized spacial score (nSPS) is 17.0. The van der Waals surface area contributed by atoms with Gasteiger partial charge in [0.25, 0.3) is 5.91 Å². The lowest BCUT2D eigenvalue weighted by Crippen LogP contribution is -2.66. The molecule has 1 aromatic carbocycles. The highest BCUT2D eigenvalue weighted by atomic mass is 35.5. The molecule has 1 amide bonds. The molecule has 1 heterocycles. The summed E-state index contributed by atoms with van der Waals surface area (Å²) in [5.41, 5.74) is 0.152. The SMILES string of the molecule is Cc1cc(Cl)ccc1OCC(=O)N1CC(O)(C(C)C)C1. The van der Waals surface area contributed by atoms with Crippen molar-refractivity contribution >= 4 is 17.5 Å². The second-order valence-electron chi connectivity index (χ2n) is 5.71. The summed E-state index contributed by atoms with van der Waals surface area (Å²) in [4.78, 5) is 13.6. The van der Waals surface area contributed by atoms with Crippen LogP contribution in [0.3, 0.4) is 0 Å². The number of carbonyl (C=O) groups excluding carboxylic acids is 1. The molecule has 1 saturated heterocycles. The molecule has 20 heavy (non-hydrogen) atoms. The number of likely N-dealkylation sites (tertiary alicyclic amines) is 1. The zero-order valence-corrected chi connectivity index (χ0v) is 12.8. The molecular weight excluding hydrogens is 278 g/mol. The number of amides is 1. The molecule has 1 aliphatic rings. The van der Waals surface area contributed by atoms with Crippen LogP contribution in [0.15, 0.2) is 18.2 Å². The minimum absolute atomic E-state index is 0.0172. The van der Waals surface area contributed by atoms with Gasteiger partial charge in [-0.3, -0.25) is 4.79 Å². The second-order valence-corrected chi connectivity index (χ2v) is 6.14. The standard InChI is InChI=1S/C15H20ClNO3/c1-10(2)15(19)8-17(9-15)14(18)7-20-13-5-4-12(16)6-11(13)3/h4-6,10,19H,7-9H2,1-3H3. The number of halogens is 1. The molecule has 0 bridgehead atoms. The topological polar surface area (TPSA) is 49.8 Å². The highest BCUT2D eigenvalue weighted by molar-refractivity contribution is 6.30. The molecule has 4 nitrogen and oxygen atoms in total. The summed E-state index contributed by atoms with van der Waals surface area (Å²) in [6.45, 7) is 6.53. The zero-order valence-electron chi connectivity index (χ0n) is 12.0. The van der Waals surface area contributed by atoms with Gasteiger partial charge in [-0.1, -0.05) is 25.4 Å². The molecule has 0 aliphatic carbocycles. The Morgan fingerprint density at radius 2 is 2.15 bits per heavy atom. The quantitative estimate of drug-likeness (QED) is 0.927. The summed E-state index contributed by atoms with van der Waals surface area (Å²) >= 11 is 5.86. The molecule has 0 unspecified atom stereocenters. The van der Waals surface area contributed by atoms with Gasteiger partial charge in [-0.2, -0.15) is 0 Å². The fourth-order valence-corrected chi connectivity index (χ4v) is 2.39. The van der Waals surface area contributed by atoms with Crippen molar-refractivity contribution in [2.24, 2.45) is 5.92 Å². The van der Waals surface area contributed by atoms with E-state index >= 15 is 0 Å². The number of hydrogen-bond donors (Lipinski definition) is 1. The Morgan fingerprint density at radius 3 is 2.70 bits per heavy atom. The number of rotatable bonds is 4. The van der Waals surface area contributed by atoms with Crippen LogP contribution in [0.5, 0.6) is 5.75 Å². The molecule has 0 aromatic heterocycles. The number of β-amino-alcohol motifs (C(OH)–C–C–N with tert-alkyl or cyclic N) is 1. The van der Waals surface area contributed by atoms with Crippen molar-refractivity contribution < 1.29 is 14.6 Å². The Bertz CT molecular complexity index is 510. The van der Waals surface area contributed by atoms with Crippen molar-refractivity contribution in [2.75, 3.05) is 19.7 Å². The minimum Gasteiger partial charge on any atom is -0.483 e. The van der Waals surface area contributed by atoms with Crippen LogP contribution in [0, 0.1) is 12.8 Å². The van der Waals surface area contributed by atoms with E-state index in [9.17, 15) is 9.90 Å². The van der Waals surface area contributed by atoms with E-state index in [2.05, 4.69) is 0 Å². The molecule has 1 aliphatic heterocycles. The van der Waals surface area contributed by atoms with Gasteiger partial charge in [0.15, 0.2) is 6.61 Å². The average Bonchev–Trinajstić information content (AvgIpc) is 2.33. The predicted molar refractivity (Wildman–Crippen MR) is 78.1 cm³/mol. The van der Waals surface area contributed by atoms with Crippen molar-refractivity contribution in [3.63, 3.8) is 0 Å². The number of ether oxygens (including phenoxy) is 1. The second kappa shape index (κ2) is 5.62. The number of hydrogen-bond acceptors (Lipinski definition) is 3. The van der Waals surface area contributed by atoms with Gasteiger partial charge in [0.1, 0.15) is 11.4 Å². The van der Waals surface area contributed by atoms with Crippen LogP contribution in [0.25, 0.3) is 0 Å². The maximum absolute atomic E-state index is 12.0. The maximum atomic E-state index is 12.0. The third-order valence-electron chi connectivity index (χ3n) is 3.84. The Hall–Kier alpha value is -1.26. The molecule has 0 radical (unpaired) electrons. The maximum Gasteiger partial charge on any atom is 0.260 e. The van der Waals surface area contributed by atoms with E-state index in [0.29, 0.717) is 23.9 Å².